The first-order valence-corrected chi connectivity index (χ1v) is 6.63. The molecule has 20 heavy (non-hydrogen) atoms. The Morgan fingerprint density at radius 2 is 2.00 bits per heavy atom. The summed E-state index contributed by atoms with van der Waals surface area (Å²) >= 11 is 0. The van der Waals surface area contributed by atoms with Gasteiger partial charge in [-0.25, -0.2) is 15.0 Å². The van der Waals surface area contributed by atoms with Crippen LogP contribution in [0.2, 0.25) is 0 Å². The first-order chi connectivity index (χ1) is 9.88. The number of benzene rings is 1. The zero-order valence-corrected chi connectivity index (χ0v) is 11.3. The number of aromatic nitrogens is 4. The predicted octanol–water partition coefficient (Wildman–Crippen LogP) is 2.54. The number of fused-ring (bicyclic) bond motifs is 1. The Hall–Kier alpha value is -2.43. The summed E-state index contributed by atoms with van der Waals surface area (Å²) in [6.45, 7) is 0. The monoisotopic (exact) mass is 268 g/mol. The van der Waals surface area contributed by atoms with E-state index >= 15 is 0 Å². The van der Waals surface area contributed by atoms with Gasteiger partial charge < -0.3 is 9.72 Å². The number of rotatable bonds is 5. The number of nitrogens with one attached hydrogen (secondary N) is 1. The summed E-state index contributed by atoms with van der Waals surface area (Å²) in [5, 5.41) is 0. The van der Waals surface area contributed by atoms with Crippen LogP contribution in [0.4, 0.5) is 0 Å². The smallest absolute Gasteiger partial charge is 0.180 e. The molecule has 0 fully saturated rings. The average Bonchev–Trinajstić information content (AvgIpc) is 2.97. The highest BCUT2D eigenvalue weighted by atomic mass is 16.5. The van der Waals surface area contributed by atoms with E-state index in [9.17, 15) is 0 Å². The van der Waals surface area contributed by atoms with Gasteiger partial charge in [-0.15, -0.1) is 0 Å². The lowest BCUT2D eigenvalue weighted by atomic mass is 10.1. The molecule has 2 heterocycles. The molecule has 0 amide bonds. The fourth-order valence-electron chi connectivity index (χ4n) is 2.36. The highest BCUT2D eigenvalue weighted by Crippen LogP contribution is 2.20. The second-order valence-corrected chi connectivity index (χ2v) is 4.59. The number of hydrogen-bond donors (Lipinski definition) is 1. The second-order valence-electron chi connectivity index (χ2n) is 4.59. The topological polar surface area (TPSA) is 63.7 Å². The molecular formula is C15H16N4O. The van der Waals surface area contributed by atoms with Gasteiger partial charge in [0.05, 0.1) is 19.1 Å². The van der Waals surface area contributed by atoms with E-state index in [0.29, 0.717) is 0 Å². The summed E-state index contributed by atoms with van der Waals surface area (Å²) in [5.74, 6) is 0.946. The maximum absolute atomic E-state index is 5.36. The lowest BCUT2D eigenvalue weighted by Gasteiger charge is -2.07. The zero-order valence-electron chi connectivity index (χ0n) is 11.3. The number of imidazole rings is 1. The van der Waals surface area contributed by atoms with Crippen molar-refractivity contribution in [2.45, 2.75) is 19.3 Å². The minimum atomic E-state index is 0.729. The Balaban J connectivity index is 1.69. The second kappa shape index (κ2) is 5.69. The lowest BCUT2D eigenvalue weighted by molar-refractivity contribution is 0.409. The molecule has 0 unspecified atom stereocenters. The third-order valence-electron chi connectivity index (χ3n) is 3.35. The largest absolute Gasteiger partial charge is 0.496 e. The normalized spacial score (nSPS) is 10.8. The average molecular weight is 268 g/mol. The Morgan fingerprint density at radius 1 is 1.10 bits per heavy atom. The third-order valence-corrected chi connectivity index (χ3v) is 3.35. The maximum Gasteiger partial charge on any atom is 0.180 e. The van der Waals surface area contributed by atoms with Crippen LogP contribution in [0.15, 0.2) is 36.9 Å². The van der Waals surface area contributed by atoms with Gasteiger partial charge in [0.2, 0.25) is 0 Å². The SMILES string of the molecule is COc1ccccc1CCCc1ncnc2nc[nH]c12. The van der Waals surface area contributed by atoms with E-state index in [0.717, 1.165) is 41.9 Å². The molecular weight excluding hydrogens is 252 g/mol. The van der Waals surface area contributed by atoms with E-state index in [1.165, 1.54) is 5.56 Å². The molecule has 0 aliphatic rings. The van der Waals surface area contributed by atoms with E-state index in [2.05, 4.69) is 26.0 Å². The van der Waals surface area contributed by atoms with E-state index in [1.54, 1.807) is 19.8 Å². The number of ether oxygens (including phenoxy) is 1. The van der Waals surface area contributed by atoms with Crippen LogP contribution >= 0.6 is 0 Å². The Kier molecular flexibility index (Phi) is 3.58. The molecule has 1 aromatic carbocycles. The number of aromatic amines is 1. The van der Waals surface area contributed by atoms with Crippen LogP contribution in [-0.4, -0.2) is 27.0 Å². The molecule has 0 saturated heterocycles. The molecule has 1 N–H and O–H groups in total. The van der Waals surface area contributed by atoms with Gasteiger partial charge in [-0.05, 0) is 30.9 Å². The number of methoxy groups -OCH3 is 1. The van der Waals surface area contributed by atoms with Crippen molar-refractivity contribution in [2.24, 2.45) is 0 Å². The van der Waals surface area contributed by atoms with E-state index in [4.69, 9.17) is 4.74 Å². The van der Waals surface area contributed by atoms with Gasteiger partial charge in [-0.3, -0.25) is 0 Å². The minimum Gasteiger partial charge on any atom is -0.496 e. The van der Waals surface area contributed by atoms with Crippen LogP contribution in [0.25, 0.3) is 11.2 Å². The molecule has 0 bridgehead atoms. The Labute approximate surface area is 117 Å². The molecule has 0 aliphatic heterocycles. The van der Waals surface area contributed by atoms with Crippen molar-refractivity contribution >= 4 is 11.2 Å². The molecule has 0 radical (unpaired) electrons. The van der Waals surface area contributed by atoms with Gasteiger partial charge in [-0.1, -0.05) is 18.2 Å². The number of nitrogens with zero attached hydrogens (tertiary/aromatic N) is 3. The van der Waals surface area contributed by atoms with E-state index in [-0.39, 0.29) is 0 Å². The van der Waals surface area contributed by atoms with Crippen LogP contribution in [0.3, 0.4) is 0 Å². The molecule has 5 nitrogen and oxygen atoms in total. The van der Waals surface area contributed by atoms with Crippen LogP contribution in [0.5, 0.6) is 5.75 Å². The van der Waals surface area contributed by atoms with Crippen LogP contribution in [-0.2, 0) is 12.8 Å². The van der Waals surface area contributed by atoms with Gasteiger partial charge in [0, 0.05) is 0 Å². The fourth-order valence-corrected chi connectivity index (χ4v) is 2.36. The third kappa shape index (κ3) is 2.47. The summed E-state index contributed by atoms with van der Waals surface area (Å²) in [6.07, 6.45) is 6.08. The van der Waals surface area contributed by atoms with Crippen molar-refractivity contribution in [2.75, 3.05) is 7.11 Å². The summed E-state index contributed by atoms with van der Waals surface area (Å²) in [4.78, 5) is 15.7. The highest BCUT2D eigenvalue weighted by molar-refractivity contribution is 5.71. The van der Waals surface area contributed by atoms with E-state index in [1.807, 2.05) is 18.2 Å². The van der Waals surface area contributed by atoms with Crippen LogP contribution in [0.1, 0.15) is 17.7 Å². The number of H-pyrrole nitrogens is 1. The lowest BCUT2D eigenvalue weighted by Crippen LogP contribution is -1.97. The van der Waals surface area contributed by atoms with Gasteiger partial charge in [0.25, 0.3) is 0 Å². The van der Waals surface area contributed by atoms with Gasteiger partial charge in [-0.2, -0.15) is 0 Å². The van der Waals surface area contributed by atoms with Crippen molar-refractivity contribution in [1.29, 1.82) is 0 Å². The summed E-state index contributed by atoms with van der Waals surface area (Å²) in [5.41, 5.74) is 3.91. The van der Waals surface area contributed by atoms with Crippen LogP contribution in [0, 0.1) is 0 Å². The van der Waals surface area contributed by atoms with Gasteiger partial charge in [0.15, 0.2) is 5.65 Å². The zero-order chi connectivity index (χ0) is 13.8. The fraction of sp³-hybridized carbons (Fsp3) is 0.267. The minimum absolute atomic E-state index is 0.729. The van der Waals surface area contributed by atoms with Crippen molar-refractivity contribution in [3.8, 4) is 5.75 Å². The molecule has 102 valence electrons. The Bertz CT molecular complexity index is 708. The first kappa shape index (κ1) is 12.6. The first-order valence-electron chi connectivity index (χ1n) is 6.63. The van der Waals surface area contributed by atoms with E-state index < -0.39 is 0 Å². The quantitative estimate of drug-likeness (QED) is 0.772. The summed E-state index contributed by atoms with van der Waals surface area (Å²) in [6, 6.07) is 8.12. The molecule has 5 heteroatoms. The van der Waals surface area contributed by atoms with Crippen molar-refractivity contribution in [3.63, 3.8) is 0 Å². The summed E-state index contributed by atoms with van der Waals surface area (Å²) in [7, 11) is 1.71. The number of para-hydroxylation sites is 1. The number of hydrogen-bond acceptors (Lipinski definition) is 4. The molecule has 0 saturated carbocycles. The van der Waals surface area contributed by atoms with Crippen molar-refractivity contribution in [1.82, 2.24) is 19.9 Å². The molecule has 0 spiro atoms. The molecule has 3 aromatic rings. The molecule has 2 aromatic heterocycles. The van der Waals surface area contributed by atoms with Crippen molar-refractivity contribution < 1.29 is 4.74 Å². The molecule has 0 atom stereocenters. The van der Waals surface area contributed by atoms with Crippen molar-refractivity contribution in [3.05, 3.63) is 48.2 Å². The van der Waals surface area contributed by atoms with Gasteiger partial charge in [0.1, 0.15) is 17.6 Å². The summed E-state index contributed by atoms with van der Waals surface area (Å²) < 4.78 is 5.36. The number of aryl methyl sites for hydroxylation is 2. The van der Waals surface area contributed by atoms with Crippen LogP contribution < -0.4 is 4.74 Å². The Morgan fingerprint density at radius 3 is 2.90 bits per heavy atom. The standard InChI is InChI=1S/C15H16N4O/c1-20-13-8-3-2-5-11(13)6-4-7-12-14-15(18-9-16-12)19-10-17-14/h2-3,5,8-10H,4,6-7H2,1H3,(H,16,17,18,19). The predicted molar refractivity (Wildman–Crippen MR) is 76.7 cm³/mol. The van der Waals surface area contributed by atoms with Gasteiger partial charge >= 0.3 is 0 Å². The molecule has 3 rings (SSSR count). The maximum atomic E-state index is 5.36. The molecule has 0 aliphatic carbocycles. The highest BCUT2D eigenvalue weighted by Gasteiger charge is 2.07.